The minimum atomic E-state index is -1.09. The third-order valence-corrected chi connectivity index (χ3v) is 2.99. The van der Waals surface area contributed by atoms with Gasteiger partial charge >= 0.3 is 5.97 Å². The summed E-state index contributed by atoms with van der Waals surface area (Å²) in [5.74, 6) is -1.90. The molecule has 0 spiro atoms. The zero-order chi connectivity index (χ0) is 15.4. The molecule has 2 heterocycles. The van der Waals surface area contributed by atoms with Crippen molar-refractivity contribution in [1.82, 2.24) is 25.2 Å². The average Bonchev–Trinajstić information content (AvgIpc) is 2.93. The molecule has 1 aliphatic rings. The van der Waals surface area contributed by atoms with E-state index in [1.807, 2.05) is 0 Å². The molecule has 1 aromatic heterocycles. The summed E-state index contributed by atoms with van der Waals surface area (Å²) >= 11 is 0. The van der Waals surface area contributed by atoms with Gasteiger partial charge in [-0.2, -0.15) is 0 Å². The molecule has 21 heavy (non-hydrogen) atoms. The Balaban J connectivity index is 2.14. The summed E-state index contributed by atoms with van der Waals surface area (Å²) in [4.78, 5) is 36.0. The summed E-state index contributed by atoms with van der Waals surface area (Å²) in [7, 11) is 1.47. The van der Waals surface area contributed by atoms with Crippen LogP contribution >= 0.6 is 0 Å². The van der Waals surface area contributed by atoms with Crippen LogP contribution in [-0.4, -0.2) is 75.6 Å². The van der Waals surface area contributed by atoms with Gasteiger partial charge in [0.1, 0.15) is 12.6 Å². The van der Waals surface area contributed by atoms with Gasteiger partial charge < -0.3 is 20.1 Å². The van der Waals surface area contributed by atoms with E-state index in [1.165, 1.54) is 18.1 Å². The van der Waals surface area contributed by atoms with Crippen LogP contribution in [0.15, 0.2) is 6.20 Å². The quantitative estimate of drug-likeness (QED) is 0.655. The van der Waals surface area contributed by atoms with Gasteiger partial charge in [-0.3, -0.25) is 14.4 Å². The summed E-state index contributed by atoms with van der Waals surface area (Å²) in [5.41, 5.74) is -0.00736. The van der Waals surface area contributed by atoms with E-state index in [0.717, 1.165) is 4.68 Å². The number of aliphatic carboxylic acids is 1. The van der Waals surface area contributed by atoms with E-state index in [-0.39, 0.29) is 31.3 Å². The van der Waals surface area contributed by atoms with Crippen LogP contribution in [0.2, 0.25) is 0 Å². The van der Waals surface area contributed by atoms with Crippen LogP contribution in [0.4, 0.5) is 0 Å². The molecular formula is C11H15N5O5. The summed E-state index contributed by atoms with van der Waals surface area (Å²) in [6.07, 6.45) is 1.24. The number of likely N-dealkylation sites (N-methyl/N-ethyl adjacent to an activating group) is 1. The highest BCUT2D eigenvalue weighted by Crippen LogP contribution is 2.11. The lowest BCUT2D eigenvalue weighted by Crippen LogP contribution is -2.55. The van der Waals surface area contributed by atoms with Crippen molar-refractivity contribution in [3.63, 3.8) is 0 Å². The van der Waals surface area contributed by atoms with Crippen LogP contribution in [0.5, 0.6) is 0 Å². The lowest BCUT2D eigenvalue weighted by Gasteiger charge is -2.33. The first-order valence-corrected chi connectivity index (χ1v) is 6.25. The number of hydrogen-bond donors (Lipinski definition) is 2. The van der Waals surface area contributed by atoms with E-state index < -0.39 is 17.9 Å². The average molecular weight is 297 g/mol. The molecule has 1 fully saturated rings. The fourth-order valence-electron chi connectivity index (χ4n) is 1.99. The third kappa shape index (κ3) is 3.34. The molecule has 0 bridgehead atoms. The first-order chi connectivity index (χ1) is 10.0. The molecule has 1 aromatic rings. The second kappa shape index (κ2) is 6.31. The molecule has 1 unspecified atom stereocenters. The topological polar surface area (TPSA) is 127 Å². The van der Waals surface area contributed by atoms with Crippen molar-refractivity contribution in [3.05, 3.63) is 11.9 Å². The maximum Gasteiger partial charge on any atom is 0.325 e. The standard InChI is InChI=1S/C11H15N5O5/c1-12-10(19)8-6-21-3-2-16(8)11(20)7-4-15(14-13-7)5-9(17)18/h4,8H,2-3,5-6H2,1H3,(H,12,19)(H,17,18). The summed E-state index contributed by atoms with van der Waals surface area (Å²) in [6.45, 7) is 0.294. The van der Waals surface area contributed by atoms with E-state index in [2.05, 4.69) is 15.6 Å². The van der Waals surface area contributed by atoms with E-state index in [4.69, 9.17) is 9.84 Å². The normalized spacial score (nSPS) is 18.3. The van der Waals surface area contributed by atoms with Gasteiger partial charge in [0.15, 0.2) is 5.69 Å². The molecule has 0 radical (unpaired) electrons. The molecule has 2 rings (SSSR count). The highest BCUT2D eigenvalue weighted by Gasteiger charge is 2.34. The molecule has 10 heteroatoms. The van der Waals surface area contributed by atoms with E-state index in [9.17, 15) is 14.4 Å². The van der Waals surface area contributed by atoms with E-state index in [0.29, 0.717) is 6.61 Å². The van der Waals surface area contributed by atoms with Crippen LogP contribution in [-0.2, 0) is 20.9 Å². The van der Waals surface area contributed by atoms with Crippen molar-refractivity contribution in [1.29, 1.82) is 0 Å². The highest BCUT2D eigenvalue weighted by atomic mass is 16.5. The third-order valence-electron chi connectivity index (χ3n) is 2.99. The zero-order valence-corrected chi connectivity index (χ0v) is 11.4. The molecule has 114 valence electrons. The number of morpholine rings is 1. The van der Waals surface area contributed by atoms with Crippen LogP contribution in [0, 0.1) is 0 Å². The summed E-state index contributed by atoms with van der Waals surface area (Å²) in [5, 5.41) is 18.3. The van der Waals surface area contributed by atoms with Crippen LogP contribution in [0.3, 0.4) is 0 Å². The van der Waals surface area contributed by atoms with Crippen molar-refractivity contribution < 1.29 is 24.2 Å². The Morgan fingerprint density at radius 3 is 2.95 bits per heavy atom. The number of ether oxygens (including phenoxy) is 1. The van der Waals surface area contributed by atoms with Crippen molar-refractivity contribution in [2.75, 3.05) is 26.8 Å². The fraction of sp³-hybridized carbons (Fsp3) is 0.545. The summed E-state index contributed by atoms with van der Waals surface area (Å²) < 4.78 is 6.25. The highest BCUT2D eigenvalue weighted by molar-refractivity contribution is 5.96. The first kappa shape index (κ1) is 14.9. The van der Waals surface area contributed by atoms with Gasteiger partial charge in [0.05, 0.1) is 19.4 Å². The van der Waals surface area contributed by atoms with E-state index >= 15 is 0 Å². The van der Waals surface area contributed by atoms with Crippen molar-refractivity contribution in [3.8, 4) is 0 Å². The van der Waals surface area contributed by atoms with E-state index in [1.54, 1.807) is 0 Å². The van der Waals surface area contributed by atoms with Crippen LogP contribution < -0.4 is 5.32 Å². The molecule has 2 amide bonds. The van der Waals surface area contributed by atoms with Crippen molar-refractivity contribution in [2.45, 2.75) is 12.6 Å². The molecule has 1 saturated heterocycles. The fourth-order valence-corrected chi connectivity index (χ4v) is 1.99. The van der Waals surface area contributed by atoms with Gasteiger partial charge in [-0.1, -0.05) is 5.21 Å². The SMILES string of the molecule is CNC(=O)C1COCCN1C(=O)c1cn(CC(=O)O)nn1. The number of nitrogens with one attached hydrogen (secondary N) is 1. The van der Waals surface area contributed by atoms with Gasteiger partial charge in [-0.25, -0.2) is 4.68 Å². The molecular weight excluding hydrogens is 282 g/mol. The second-order valence-corrected chi connectivity index (χ2v) is 4.40. The minimum Gasteiger partial charge on any atom is -0.480 e. The Hall–Kier alpha value is -2.49. The molecule has 0 aromatic carbocycles. The number of amides is 2. The molecule has 0 aliphatic carbocycles. The van der Waals surface area contributed by atoms with Gasteiger partial charge in [0.25, 0.3) is 5.91 Å². The predicted molar refractivity (Wildman–Crippen MR) is 67.4 cm³/mol. The number of carbonyl (C=O) groups excluding carboxylic acids is 2. The number of aromatic nitrogens is 3. The number of nitrogens with zero attached hydrogens (tertiary/aromatic N) is 4. The predicted octanol–water partition coefficient (Wildman–Crippen LogP) is -2.05. The van der Waals surface area contributed by atoms with Crippen LogP contribution in [0.1, 0.15) is 10.5 Å². The molecule has 10 nitrogen and oxygen atoms in total. The Labute approximate surface area is 119 Å². The maximum absolute atomic E-state index is 12.4. The summed E-state index contributed by atoms with van der Waals surface area (Å²) in [6, 6.07) is -0.735. The Kier molecular flexibility index (Phi) is 4.48. The van der Waals surface area contributed by atoms with Crippen molar-refractivity contribution in [2.24, 2.45) is 0 Å². The van der Waals surface area contributed by atoms with Gasteiger partial charge in [-0.05, 0) is 0 Å². The maximum atomic E-state index is 12.4. The van der Waals surface area contributed by atoms with Gasteiger partial charge in [0, 0.05) is 13.6 Å². The zero-order valence-electron chi connectivity index (χ0n) is 11.4. The van der Waals surface area contributed by atoms with Crippen LogP contribution in [0.25, 0.3) is 0 Å². The number of carboxylic acids is 1. The number of carbonyl (C=O) groups is 3. The second-order valence-electron chi connectivity index (χ2n) is 4.40. The number of carboxylic acid groups (broad SMARTS) is 1. The molecule has 1 aliphatic heterocycles. The largest absolute Gasteiger partial charge is 0.480 e. The lowest BCUT2D eigenvalue weighted by atomic mass is 10.2. The molecule has 0 saturated carbocycles. The first-order valence-electron chi connectivity index (χ1n) is 6.25. The Bertz CT molecular complexity index is 557. The lowest BCUT2D eigenvalue weighted by molar-refractivity contribution is -0.138. The number of rotatable bonds is 4. The van der Waals surface area contributed by atoms with Gasteiger partial charge in [0.2, 0.25) is 5.91 Å². The number of hydrogen-bond acceptors (Lipinski definition) is 6. The van der Waals surface area contributed by atoms with Crippen molar-refractivity contribution >= 4 is 17.8 Å². The Morgan fingerprint density at radius 1 is 1.52 bits per heavy atom. The minimum absolute atomic E-state index is 0.00736. The monoisotopic (exact) mass is 297 g/mol. The molecule has 1 atom stereocenters. The smallest absolute Gasteiger partial charge is 0.325 e. The molecule has 2 N–H and O–H groups in total. The Morgan fingerprint density at radius 2 is 2.29 bits per heavy atom. The van der Waals surface area contributed by atoms with Gasteiger partial charge in [-0.15, -0.1) is 5.10 Å².